The second-order valence-electron chi connectivity index (χ2n) is 7.72. The van der Waals surface area contributed by atoms with Crippen molar-refractivity contribution in [3.8, 4) is 0 Å². The summed E-state index contributed by atoms with van der Waals surface area (Å²) >= 11 is 0. The van der Waals surface area contributed by atoms with Crippen LogP contribution in [0.25, 0.3) is 0 Å². The Balaban J connectivity index is 1.47. The number of amides is 1. The summed E-state index contributed by atoms with van der Waals surface area (Å²) in [6.45, 7) is 2.67. The van der Waals surface area contributed by atoms with Crippen LogP contribution in [-0.4, -0.2) is 57.3 Å². The van der Waals surface area contributed by atoms with Crippen molar-refractivity contribution in [1.82, 2.24) is 24.6 Å². The lowest BCUT2D eigenvalue weighted by Crippen LogP contribution is -2.49. The lowest BCUT2D eigenvalue weighted by Gasteiger charge is -2.41. The third-order valence-corrected chi connectivity index (χ3v) is 5.70. The van der Waals surface area contributed by atoms with Gasteiger partial charge in [0.1, 0.15) is 0 Å². The Morgan fingerprint density at radius 2 is 2.33 bits per heavy atom. The van der Waals surface area contributed by atoms with Crippen LogP contribution in [0.15, 0.2) is 23.2 Å². The number of aromatic nitrogens is 4. The second-order valence-corrected chi connectivity index (χ2v) is 7.72. The van der Waals surface area contributed by atoms with E-state index in [1.54, 1.807) is 19.6 Å². The van der Waals surface area contributed by atoms with Gasteiger partial charge in [-0.3, -0.25) is 4.79 Å². The molecule has 2 fully saturated rings. The van der Waals surface area contributed by atoms with Crippen LogP contribution in [-0.2, 0) is 21.5 Å². The first-order valence-corrected chi connectivity index (χ1v) is 9.77. The number of hydrogen-bond acceptors (Lipinski definition) is 6. The van der Waals surface area contributed by atoms with Crippen LogP contribution < -0.4 is 0 Å². The van der Waals surface area contributed by atoms with Crippen LogP contribution in [0.3, 0.4) is 0 Å². The number of carbonyl (C=O) groups excluding carboxylic acids is 1. The van der Waals surface area contributed by atoms with Gasteiger partial charge in [-0.05, 0) is 32.1 Å². The van der Waals surface area contributed by atoms with Gasteiger partial charge in [0, 0.05) is 58.1 Å². The number of methoxy groups -OCH3 is 1. The summed E-state index contributed by atoms with van der Waals surface area (Å²) in [7, 11) is 1.70. The van der Waals surface area contributed by atoms with Crippen molar-refractivity contribution in [1.29, 1.82) is 0 Å². The summed E-state index contributed by atoms with van der Waals surface area (Å²) in [5.41, 5.74) is -0.282. The zero-order valence-corrected chi connectivity index (χ0v) is 15.8. The first-order chi connectivity index (χ1) is 13.2. The fourth-order valence-electron chi connectivity index (χ4n) is 3.89. The van der Waals surface area contributed by atoms with Crippen molar-refractivity contribution in [3.05, 3.63) is 30.4 Å². The molecule has 0 aromatic carbocycles. The first-order valence-electron chi connectivity index (χ1n) is 9.77. The van der Waals surface area contributed by atoms with Crippen molar-refractivity contribution < 1.29 is 14.1 Å². The van der Waals surface area contributed by atoms with Crippen molar-refractivity contribution in [2.24, 2.45) is 0 Å². The average Bonchev–Trinajstić information content (AvgIpc) is 3.20. The molecule has 4 rings (SSSR count). The molecular weight excluding hydrogens is 346 g/mol. The Labute approximate surface area is 158 Å². The highest BCUT2D eigenvalue weighted by molar-refractivity contribution is 5.76. The minimum absolute atomic E-state index is 0.163. The molecule has 0 radical (unpaired) electrons. The number of nitrogens with zero attached hydrogens (tertiary/aromatic N) is 5. The first kappa shape index (κ1) is 18.2. The molecule has 1 amide bonds. The van der Waals surface area contributed by atoms with Gasteiger partial charge in [-0.15, -0.1) is 0 Å². The van der Waals surface area contributed by atoms with Gasteiger partial charge in [0.25, 0.3) is 0 Å². The van der Waals surface area contributed by atoms with E-state index in [0.29, 0.717) is 32.0 Å². The van der Waals surface area contributed by atoms with Crippen LogP contribution >= 0.6 is 0 Å². The Kier molecular flexibility index (Phi) is 5.24. The predicted molar refractivity (Wildman–Crippen MR) is 97.1 cm³/mol. The van der Waals surface area contributed by atoms with E-state index in [1.807, 2.05) is 15.7 Å². The van der Waals surface area contributed by atoms with Gasteiger partial charge in [0.05, 0.1) is 11.7 Å². The summed E-state index contributed by atoms with van der Waals surface area (Å²) < 4.78 is 12.8. The molecule has 1 saturated heterocycles. The molecule has 1 aliphatic heterocycles. The smallest absolute Gasteiger partial charge is 0.229 e. The minimum Gasteiger partial charge on any atom is -0.385 e. The Hall–Kier alpha value is -2.22. The molecule has 27 heavy (non-hydrogen) atoms. The maximum Gasteiger partial charge on any atom is 0.229 e. The molecule has 1 atom stereocenters. The lowest BCUT2D eigenvalue weighted by atomic mass is 9.76. The standard InChI is InChI=1S/C19H27N5O3/c1-26-12-7-19(18-21-17(27-22-18)15-3-4-15)6-2-9-24(13-19)16(25)5-10-23-11-8-20-14-23/h8,11,14-15H,2-7,9-10,12-13H2,1H3. The number of imidazole rings is 1. The molecule has 3 heterocycles. The molecular formula is C19H27N5O3. The topological polar surface area (TPSA) is 86.3 Å². The van der Waals surface area contributed by atoms with Gasteiger partial charge in [-0.25, -0.2) is 4.98 Å². The SMILES string of the molecule is COCCC1(c2noc(C3CC3)n2)CCCN(C(=O)CCn2ccnc2)C1. The summed E-state index contributed by atoms with van der Waals surface area (Å²) in [4.78, 5) is 23.5. The summed E-state index contributed by atoms with van der Waals surface area (Å²) in [5.74, 6) is 2.09. The monoisotopic (exact) mass is 373 g/mol. The molecule has 1 saturated carbocycles. The summed E-state index contributed by atoms with van der Waals surface area (Å²) in [5, 5.41) is 4.31. The van der Waals surface area contributed by atoms with Crippen molar-refractivity contribution >= 4 is 5.91 Å². The molecule has 0 spiro atoms. The molecule has 8 nitrogen and oxygen atoms in total. The molecule has 8 heteroatoms. The molecule has 146 valence electrons. The third kappa shape index (κ3) is 4.05. The van der Waals surface area contributed by atoms with E-state index in [0.717, 1.165) is 50.4 Å². The quantitative estimate of drug-likeness (QED) is 0.705. The number of piperidine rings is 1. The van der Waals surface area contributed by atoms with Gasteiger partial charge in [0.15, 0.2) is 5.82 Å². The van der Waals surface area contributed by atoms with E-state index in [-0.39, 0.29) is 11.3 Å². The molecule has 1 aliphatic carbocycles. The van der Waals surface area contributed by atoms with Gasteiger partial charge in [0.2, 0.25) is 11.8 Å². The molecule has 2 aromatic heterocycles. The van der Waals surface area contributed by atoms with Crippen LogP contribution in [0, 0.1) is 0 Å². The molecule has 0 bridgehead atoms. The lowest BCUT2D eigenvalue weighted by molar-refractivity contribution is -0.134. The molecule has 2 aromatic rings. The average molecular weight is 373 g/mol. The van der Waals surface area contributed by atoms with Gasteiger partial charge >= 0.3 is 0 Å². The van der Waals surface area contributed by atoms with E-state index in [1.165, 1.54) is 0 Å². The number of hydrogen-bond donors (Lipinski definition) is 0. The van der Waals surface area contributed by atoms with E-state index in [9.17, 15) is 4.79 Å². The Bertz CT molecular complexity index is 755. The second kappa shape index (κ2) is 7.80. The Morgan fingerprint density at radius 1 is 1.44 bits per heavy atom. The number of aryl methyl sites for hydroxylation is 1. The van der Waals surface area contributed by atoms with Crippen LogP contribution in [0.1, 0.15) is 56.2 Å². The van der Waals surface area contributed by atoms with Crippen LogP contribution in [0.5, 0.6) is 0 Å². The number of ether oxygens (including phenoxy) is 1. The van der Waals surface area contributed by atoms with Crippen LogP contribution in [0.4, 0.5) is 0 Å². The van der Waals surface area contributed by atoms with E-state index in [2.05, 4.69) is 10.1 Å². The minimum atomic E-state index is -0.282. The molecule has 1 unspecified atom stereocenters. The number of likely N-dealkylation sites (tertiary alicyclic amines) is 1. The zero-order valence-electron chi connectivity index (χ0n) is 15.8. The Morgan fingerprint density at radius 3 is 3.07 bits per heavy atom. The number of carbonyl (C=O) groups is 1. The highest BCUT2D eigenvalue weighted by atomic mass is 16.5. The summed E-state index contributed by atoms with van der Waals surface area (Å²) in [6.07, 6.45) is 10.8. The third-order valence-electron chi connectivity index (χ3n) is 5.70. The molecule has 0 N–H and O–H groups in total. The maximum absolute atomic E-state index is 12.8. The molecule has 2 aliphatic rings. The van der Waals surface area contributed by atoms with Gasteiger partial charge < -0.3 is 18.7 Å². The maximum atomic E-state index is 12.8. The predicted octanol–water partition coefficient (Wildman–Crippen LogP) is 2.13. The number of rotatable bonds is 8. The van der Waals surface area contributed by atoms with Gasteiger partial charge in [-0.2, -0.15) is 4.98 Å². The summed E-state index contributed by atoms with van der Waals surface area (Å²) in [6, 6.07) is 0. The van der Waals surface area contributed by atoms with E-state index >= 15 is 0 Å². The fraction of sp³-hybridized carbons (Fsp3) is 0.684. The highest BCUT2D eigenvalue weighted by Crippen LogP contribution is 2.41. The highest BCUT2D eigenvalue weighted by Gasteiger charge is 2.43. The fourth-order valence-corrected chi connectivity index (χ4v) is 3.89. The van der Waals surface area contributed by atoms with E-state index in [4.69, 9.17) is 14.2 Å². The van der Waals surface area contributed by atoms with E-state index < -0.39 is 0 Å². The van der Waals surface area contributed by atoms with Crippen LogP contribution in [0.2, 0.25) is 0 Å². The zero-order chi connectivity index (χ0) is 18.7. The van der Waals surface area contributed by atoms with Gasteiger partial charge in [-0.1, -0.05) is 5.16 Å². The normalized spacial score (nSPS) is 22.9. The van der Waals surface area contributed by atoms with Crippen molar-refractivity contribution in [2.75, 3.05) is 26.8 Å². The largest absolute Gasteiger partial charge is 0.385 e. The van der Waals surface area contributed by atoms with Crippen molar-refractivity contribution in [3.63, 3.8) is 0 Å². The van der Waals surface area contributed by atoms with Crippen molar-refractivity contribution in [2.45, 2.75) is 56.4 Å².